The number of ether oxygens (including phenoxy) is 2. The molecule has 2 aromatic heterocycles. The van der Waals surface area contributed by atoms with E-state index < -0.39 is 5.97 Å². The number of hydrogen-bond acceptors (Lipinski definition) is 7. The maximum atomic E-state index is 11.7. The third kappa shape index (κ3) is 5.67. The Morgan fingerprint density at radius 2 is 2.11 bits per heavy atom. The molecule has 0 unspecified atom stereocenters. The third-order valence-corrected chi connectivity index (χ3v) is 3.96. The molecular weight excluding hydrogens is 393 g/mol. The minimum atomic E-state index is -0.498. The highest BCUT2D eigenvalue weighted by molar-refractivity contribution is 6.35. The smallest absolute Gasteiger partial charge is 0.344 e. The summed E-state index contributed by atoms with van der Waals surface area (Å²) in [6, 6.07) is 8.39. The number of hydrogen-bond donors (Lipinski definition) is 0. The van der Waals surface area contributed by atoms with Crippen molar-refractivity contribution in [2.75, 3.05) is 13.2 Å². The Labute approximate surface area is 165 Å². The van der Waals surface area contributed by atoms with Gasteiger partial charge in [-0.05, 0) is 36.8 Å². The van der Waals surface area contributed by atoms with Crippen LogP contribution in [0.1, 0.15) is 12.3 Å². The van der Waals surface area contributed by atoms with Gasteiger partial charge in [0.05, 0.1) is 11.6 Å². The van der Waals surface area contributed by atoms with Crippen LogP contribution in [0.2, 0.25) is 10.0 Å². The fourth-order valence-electron chi connectivity index (χ4n) is 2.15. The van der Waals surface area contributed by atoms with Crippen molar-refractivity contribution in [1.82, 2.24) is 15.1 Å². The lowest BCUT2D eigenvalue weighted by Gasteiger charge is -2.08. The quantitative estimate of drug-likeness (QED) is 0.411. The van der Waals surface area contributed by atoms with Crippen LogP contribution in [0, 0.1) is 0 Å². The second kappa shape index (κ2) is 9.34. The van der Waals surface area contributed by atoms with Crippen molar-refractivity contribution in [2.45, 2.75) is 12.8 Å². The number of carbonyl (C=O) groups excluding carboxylic acids is 1. The van der Waals surface area contributed by atoms with Crippen LogP contribution in [0.25, 0.3) is 11.4 Å². The number of carbonyl (C=O) groups is 1. The molecule has 0 spiro atoms. The topological polar surface area (TPSA) is 87.3 Å². The van der Waals surface area contributed by atoms with Gasteiger partial charge in [0.25, 0.3) is 0 Å². The van der Waals surface area contributed by atoms with Gasteiger partial charge in [-0.1, -0.05) is 28.4 Å². The van der Waals surface area contributed by atoms with Crippen molar-refractivity contribution < 1.29 is 18.8 Å². The zero-order valence-corrected chi connectivity index (χ0v) is 15.6. The largest absolute Gasteiger partial charge is 0.480 e. The van der Waals surface area contributed by atoms with E-state index >= 15 is 0 Å². The molecule has 0 fully saturated rings. The molecule has 1 aromatic carbocycles. The molecular formula is C18H15Cl2N3O4. The number of esters is 1. The summed E-state index contributed by atoms with van der Waals surface area (Å²) in [6.45, 7) is -0.0335. The molecule has 0 saturated carbocycles. The summed E-state index contributed by atoms with van der Waals surface area (Å²) >= 11 is 11.8. The Hall–Kier alpha value is -2.64. The van der Waals surface area contributed by atoms with Gasteiger partial charge in [-0.25, -0.2) is 4.79 Å². The first-order chi connectivity index (χ1) is 13.1. The maximum absolute atomic E-state index is 11.7. The van der Waals surface area contributed by atoms with Crippen molar-refractivity contribution in [2.24, 2.45) is 0 Å². The predicted molar refractivity (Wildman–Crippen MR) is 98.8 cm³/mol. The normalized spacial score (nSPS) is 10.6. The van der Waals surface area contributed by atoms with Gasteiger partial charge in [-0.2, -0.15) is 4.98 Å². The number of pyridine rings is 1. The van der Waals surface area contributed by atoms with Crippen molar-refractivity contribution in [3.05, 3.63) is 58.7 Å². The highest BCUT2D eigenvalue weighted by atomic mass is 35.5. The van der Waals surface area contributed by atoms with Gasteiger partial charge in [-0.15, -0.1) is 0 Å². The molecule has 9 heteroatoms. The molecule has 0 saturated heterocycles. The highest BCUT2D eigenvalue weighted by Crippen LogP contribution is 2.27. The van der Waals surface area contributed by atoms with Crippen molar-refractivity contribution >= 4 is 29.2 Å². The van der Waals surface area contributed by atoms with Gasteiger partial charge in [0.1, 0.15) is 5.75 Å². The van der Waals surface area contributed by atoms with E-state index in [0.717, 1.165) is 5.56 Å². The first kappa shape index (κ1) is 19.1. The molecule has 0 aliphatic heterocycles. The second-order valence-corrected chi connectivity index (χ2v) is 6.28. The summed E-state index contributed by atoms with van der Waals surface area (Å²) in [5.74, 6) is 0.812. The molecule has 0 amide bonds. The average Bonchev–Trinajstić information content (AvgIpc) is 3.14. The number of rotatable bonds is 8. The standard InChI is InChI=1S/C18H15Cl2N3O4/c19-13-5-6-15(14(20)9-13)26-11-17(24)25-8-2-4-16-22-18(23-27-16)12-3-1-7-21-10-12/h1,3,5-7,9-10H,2,4,8,11H2. The van der Waals surface area contributed by atoms with E-state index in [0.29, 0.717) is 40.4 Å². The lowest BCUT2D eigenvalue weighted by atomic mass is 10.3. The summed E-state index contributed by atoms with van der Waals surface area (Å²) in [5.41, 5.74) is 0.775. The van der Waals surface area contributed by atoms with E-state index in [9.17, 15) is 4.79 Å². The third-order valence-electron chi connectivity index (χ3n) is 3.43. The van der Waals surface area contributed by atoms with E-state index in [1.807, 2.05) is 6.07 Å². The number of halogens is 2. The van der Waals surface area contributed by atoms with Gasteiger partial charge >= 0.3 is 5.97 Å². The zero-order chi connectivity index (χ0) is 19.1. The summed E-state index contributed by atoms with van der Waals surface area (Å²) in [6.07, 6.45) is 4.36. The SMILES string of the molecule is O=C(COc1ccc(Cl)cc1Cl)OCCCc1nc(-c2cccnc2)no1. The molecule has 0 aliphatic carbocycles. The maximum Gasteiger partial charge on any atom is 0.344 e. The molecule has 0 atom stereocenters. The zero-order valence-electron chi connectivity index (χ0n) is 14.1. The van der Waals surface area contributed by atoms with Gasteiger partial charge in [-0.3, -0.25) is 4.98 Å². The van der Waals surface area contributed by atoms with E-state index in [1.165, 1.54) is 6.07 Å². The Morgan fingerprint density at radius 3 is 2.89 bits per heavy atom. The predicted octanol–water partition coefficient (Wildman–Crippen LogP) is 3.99. The van der Waals surface area contributed by atoms with Crippen LogP contribution in [-0.2, 0) is 16.0 Å². The molecule has 7 nitrogen and oxygen atoms in total. The fourth-order valence-corrected chi connectivity index (χ4v) is 2.61. The summed E-state index contributed by atoms with van der Waals surface area (Å²) < 4.78 is 15.6. The molecule has 27 heavy (non-hydrogen) atoms. The van der Waals surface area contributed by atoms with Crippen molar-refractivity contribution in [3.8, 4) is 17.1 Å². The van der Waals surface area contributed by atoms with E-state index in [-0.39, 0.29) is 13.2 Å². The number of nitrogens with zero attached hydrogens (tertiary/aromatic N) is 3. The Bertz CT molecular complexity index is 903. The van der Waals surface area contributed by atoms with E-state index in [2.05, 4.69) is 15.1 Å². The van der Waals surface area contributed by atoms with E-state index in [4.69, 9.17) is 37.2 Å². The minimum Gasteiger partial charge on any atom is -0.480 e. The first-order valence-electron chi connectivity index (χ1n) is 8.08. The van der Waals surface area contributed by atoms with Crippen molar-refractivity contribution in [3.63, 3.8) is 0 Å². The molecule has 0 N–H and O–H groups in total. The molecule has 3 aromatic rings. The molecule has 0 radical (unpaired) electrons. The monoisotopic (exact) mass is 407 g/mol. The number of aromatic nitrogens is 3. The van der Waals surface area contributed by atoms with Crippen LogP contribution in [0.5, 0.6) is 5.75 Å². The fraction of sp³-hybridized carbons (Fsp3) is 0.222. The van der Waals surface area contributed by atoms with Crippen LogP contribution in [-0.4, -0.2) is 34.3 Å². The number of aryl methyl sites for hydroxylation is 1. The van der Waals surface area contributed by atoms with Crippen LogP contribution >= 0.6 is 23.2 Å². The molecule has 2 heterocycles. The summed E-state index contributed by atoms with van der Waals surface area (Å²) in [5, 5.41) is 4.72. The molecule has 140 valence electrons. The lowest BCUT2D eigenvalue weighted by Crippen LogP contribution is -2.16. The summed E-state index contributed by atoms with van der Waals surface area (Å²) in [7, 11) is 0. The van der Waals surface area contributed by atoms with Crippen LogP contribution in [0.3, 0.4) is 0 Å². The van der Waals surface area contributed by atoms with Gasteiger partial charge in [0.2, 0.25) is 11.7 Å². The molecule has 0 aliphatic rings. The van der Waals surface area contributed by atoms with Crippen molar-refractivity contribution in [1.29, 1.82) is 0 Å². The molecule has 3 rings (SSSR count). The Kier molecular flexibility index (Phi) is 6.62. The van der Waals surface area contributed by atoms with Gasteiger partial charge in [0.15, 0.2) is 6.61 Å². The van der Waals surface area contributed by atoms with Gasteiger partial charge < -0.3 is 14.0 Å². The number of benzene rings is 1. The van der Waals surface area contributed by atoms with Crippen LogP contribution in [0.4, 0.5) is 0 Å². The Morgan fingerprint density at radius 1 is 1.22 bits per heavy atom. The highest BCUT2D eigenvalue weighted by Gasteiger charge is 2.10. The summed E-state index contributed by atoms with van der Waals surface area (Å²) in [4.78, 5) is 20.0. The van der Waals surface area contributed by atoms with E-state index in [1.54, 1.807) is 30.6 Å². The lowest BCUT2D eigenvalue weighted by molar-refractivity contribution is -0.146. The van der Waals surface area contributed by atoms with Gasteiger partial charge in [0, 0.05) is 29.4 Å². The molecule has 0 bridgehead atoms. The minimum absolute atomic E-state index is 0.209. The Balaban J connectivity index is 1.37. The first-order valence-corrected chi connectivity index (χ1v) is 8.84. The average molecular weight is 408 g/mol. The van der Waals surface area contributed by atoms with Crippen LogP contribution in [0.15, 0.2) is 47.2 Å². The second-order valence-electron chi connectivity index (χ2n) is 5.44. The van der Waals surface area contributed by atoms with Crippen LogP contribution < -0.4 is 4.74 Å².